The molecule has 2 aromatic rings. The van der Waals surface area contributed by atoms with Crippen LogP contribution in [0.5, 0.6) is 0 Å². The molecule has 0 spiro atoms. The number of aliphatic hydroxyl groups excluding tert-OH is 1. The van der Waals surface area contributed by atoms with Crippen molar-refractivity contribution in [3.63, 3.8) is 0 Å². The maximum Gasteiger partial charge on any atom is 0.226 e. The fraction of sp³-hybridized carbons (Fsp3) is 0.650. The van der Waals surface area contributed by atoms with E-state index in [4.69, 9.17) is 14.3 Å². The molecule has 3 N–H and O–H groups in total. The molecule has 0 bridgehead atoms. The molecule has 9 heteroatoms. The number of carbonyl (C=O) groups excluding carboxylic acids is 1. The van der Waals surface area contributed by atoms with E-state index in [0.717, 1.165) is 32.7 Å². The summed E-state index contributed by atoms with van der Waals surface area (Å²) in [4.78, 5) is 18.4. The number of piperazine rings is 1. The van der Waals surface area contributed by atoms with E-state index in [9.17, 15) is 4.79 Å². The zero-order chi connectivity index (χ0) is 20.4. The average Bonchev–Trinajstić information content (AvgIpc) is 2.66. The molecule has 1 atom stereocenters. The van der Waals surface area contributed by atoms with E-state index in [1.54, 1.807) is 18.2 Å². The van der Waals surface area contributed by atoms with E-state index in [1.165, 1.54) is 0 Å². The van der Waals surface area contributed by atoms with Gasteiger partial charge in [-0.05, 0) is 40.2 Å². The molecule has 1 aliphatic rings. The number of fused-ring (bicyclic) bond motifs is 1. The van der Waals surface area contributed by atoms with Gasteiger partial charge < -0.3 is 15.5 Å². The summed E-state index contributed by atoms with van der Waals surface area (Å²) in [5, 5.41) is 8.63. The Labute approximate surface area is 185 Å². The molecule has 0 unspecified atom stereocenters. The molecule has 0 aliphatic carbocycles. The number of hydrogen-bond donors (Lipinski definition) is 1. The summed E-state index contributed by atoms with van der Waals surface area (Å²) in [6, 6.07) is 5.07. The number of nitrogens with zero attached hydrogens (tertiary/aromatic N) is 3. The Balaban J connectivity index is 0. The van der Waals surface area contributed by atoms with Gasteiger partial charge in [-0.15, -0.1) is 0 Å². The van der Waals surface area contributed by atoms with E-state index < -0.39 is 0 Å². The van der Waals surface area contributed by atoms with Gasteiger partial charge in [0.25, 0.3) is 0 Å². The second-order valence-corrected chi connectivity index (χ2v) is 6.70. The number of ketones is 1. The quantitative estimate of drug-likeness (QED) is 0.545. The van der Waals surface area contributed by atoms with Gasteiger partial charge in [0.1, 0.15) is 0 Å². The Bertz CT molecular complexity index is 666. The molecule has 1 radical (unpaired) electrons. The molecule has 1 fully saturated rings. The number of Topliss-reactive ketones (excluding diaryl/α,β-unsaturated/α-hetero) is 1. The Hall–Kier alpha value is -1.13. The number of β-amino-alcohol motifs (C(OH)–C–C–N with tert-alkyl or cyclic N) is 1. The van der Waals surface area contributed by atoms with Crippen LogP contribution in [-0.2, 0) is 18.6 Å². The Morgan fingerprint density at radius 3 is 2.10 bits per heavy atom. The maximum atomic E-state index is 11.9. The van der Waals surface area contributed by atoms with E-state index in [1.807, 2.05) is 39.8 Å². The van der Waals surface area contributed by atoms with Gasteiger partial charge in [0.2, 0.25) is 11.2 Å². The van der Waals surface area contributed by atoms with Crippen molar-refractivity contribution in [3.05, 3.63) is 23.8 Å². The van der Waals surface area contributed by atoms with Crippen molar-refractivity contribution in [2.75, 3.05) is 60.5 Å². The topological polar surface area (TPSA) is 105 Å². The second kappa shape index (κ2) is 15.7. The van der Waals surface area contributed by atoms with Gasteiger partial charge in [-0.2, -0.15) is 0 Å². The van der Waals surface area contributed by atoms with Gasteiger partial charge in [0.05, 0.1) is 12.6 Å². The first-order valence-corrected chi connectivity index (χ1v) is 9.63. The molecular formula is C20H37N3O5V. The maximum absolute atomic E-state index is 11.9. The van der Waals surface area contributed by atoms with Crippen LogP contribution in [0.15, 0.2) is 27.4 Å². The summed E-state index contributed by atoms with van der Waals surface area (Å²) in [5.41, 5.74) is 1.97. The van der Waals surface area contributed by atoms with Gasteiger partial charge in [0.15, 0.2) is 5.78 Å². The molecule has 1 aliphatic heterocycles. The van der Waals surface area contributed by atoms with Crippen molar-refractivity contribution in [3.8, 4) is 0 Å². The molecule has 1 aromatic carbocycles. The van der Waals surface area contributed by atoms with Crippen molar-refractivity contribution in [1.82, 2.24) is 14.7 Å². The first-order chi connectivity index (χ1) is 12.9. The van der Waals surface area contributed by atoms with Crippen molar-refractivity contribution in [1.29, 1.82) is 0 Å². The molecular weight excluding hydrogens is 413 g/mol. The summed E-state index contributed by atoms with van der Waals surface area (Å²) in [7, 11) is 5.89. The monoisotopic (exact) mass is 450 g/mol. The summed E-state index contributed by atoms with van der Waals surface area (Å²) in [6.07, 6.45) is 0. The molecule has 0 saturated carbocycles. The van der Waals surface area contributed by atoms with Crippen LogP contribution in [0.3, 0.4) is 0 Å². The smallest absolute Gasteiger partial charge is 0.226 e. The molecule has 2 heterocycles. The minimum absolute atomic E-state index is 0. The van der Waals surface area contributed by atoms with Crippen LogP contribution in [0.4, 0.5) is 0 Å². The van der Waals surface area contributed by atoms with Gasteiger partial charge in [-0.3, -0.25) is 23.7 Å². The first-order valence-electron chi connectivity index (χ1n) is 9.63. The van der Waals surface area contributed by atoms with E-state index in [-0.39, 0.29) is 35.9 Å². The number of carbonyl (C=O) groups is 1. The summed E-state index contributed by atoms with van der Waals surface area (Å²) < 4.78 is 9.44. The number of hydrogen-bond acceptors (Lipinski definition) is 7. The van der Waals surface area contributed by atoms with Gasteiger partial charge in [0, 0.05) is 62.9 Å². The third kappa shape index (κ3) is 9.48. The zero-order valence-electron chi connectivity index (χ0n) is 18.5. The fourth-order valence-corrected chi connectivity index (χ4v) is 2.54. The molecule has 29 heavy (non-hydrogen) atoms. The largest absolute Gasteiger partial charge is 0.412 e. The molecule has 8 nitrogen and oxygen atoms in total. The van der Waals surface area contributed by atoms with Gasteiger partial charge in [-0.1, -0.05) is 13.8 Å². The van der Waals surface area contributed by atoms with Crippen LogP contribution in [0, 0.1) is 0 Å². The van der Waals surface area contributed by atoms with E-state index in [0.29, 0.717) is 23.3 Å². The molecule has 167 valence electrons. The predicted molar refractivity (Wildman–Crippen MR) is 112 cm³/mol. The van der Waals surface area contributed by atoms with Crippen LogP contribution in [0.1, 0.15) is 31.1 Å². The Kier molecular flexibility index (Phi) is 16.3. The number of benzene rings is 1. The summed E-state index contributed by atoms with van der Waals surface area (Å²) >= 11 is 0. The van der Waals surface area contributed by atoms with Crippen LogP contribution >= 0.6 is 0 Å². The minimum atomic E-state index is -0.135. The Morgan fingerprint density at radius 2 is 1.69 bits per heavy atom. The third-order valence-electron chi connectivity index (χ3n) is 4.62. The number of rotatable bonds is 5. The summed E-state index contributed by atoms with van der Waals surface area (Å²) in [5.74, 6) is 0.0818. The average molecular weight is 450 g/mol. The Morgan fingerprint density at radius 1 is 1.14 bits per heavy atom. The molecule has 0 amide bonds. The minimum Gasteiger partial charge on any atom is -0.412 e. The zero-order valence-corrected chi connectivity index (χ0v) is 19.9. The third-order valence-corrected chi connectivity index (χ3v) is 4.62. The molecule has 1 aromatic heterocycles. The standard InChI is InChI=1S/C11H13NO3.C7H16N2O.C2H6.H2O.V/c1-7(12(2)3)11(13)8-4-5-9-10(6-8)15-14-9;1-8-2-4-9(5-3-8)6-7-10;1-2;;/h4-7H,1-3H3;10H,2-7H2,1H3;1-2H3;1H2;/t7-;;;;/m0..../s1. The van der Waals surface area contributed by atoms with Crippen molar-refractivity contribution in [2.24, 2.45) is 0 Å². The first kappa shape index (κ1) is 30.1. The predicted octanol–water partition coefficient (Wildman–Crippen LogP) is 1.58. The summed E-state index contributed by atoms with van der Waals surface area (Å²) in [6.45, 7) is 11.5. The van der Waals surface area contributed by atoms with Crippen molar-refractivity contribution < 1.29 is 43.1 Å². The van der Waals surface area contributed by atoms with E-state index >= 15 is 0 Å². The van der Waals surface area contributed by atoms with E-state index in [2.05, 4.69) is 16.8 Å². The van der Waals surface area contributed by atoms with Crippen LogP contribution in [-0.4, -0.2) is 97.6 Å². The van der Waals surface area contributed by atoms with Crippen LogP contribution in [0.25, 0.3) is 11.2 Å². The number of likely N-dealkylation sites (N-methyl/N-ethyl adjacent to an activating group) is 2. The fourth-order valence-electron chi connectivity index (χ4n) is 2.54. The van der Waals surface area contributed by atoms with Gasteiger partial charge in [-0.25, -0.2) is 0 Å². The molecule has 3 rings (SSSR count). The van der Waals surface area contributed by atoms with Crippen LogP contribution < -0.4 is 0 Å². The van der Waals surface area contributed by atoms with Gasteiger partial charge >= 0.3 is 0 Å². The van der Waals surface area contributed by atoms with Crippen molar-refractivity contribution in [2.45, 2.75) is 26.8 Å². The van der Waals surface area contributed by atoms with Crippen LogP contribution in [0.2, 0.25) is 0 Å². The number of aliphatic hydroxyl groups is 1. The van der Waals surface area contributed by atoms with Crippen molar-refractivity contribution >= 4 is 16.9 Å². The second-order valence-electron chi connectivity index (χ2n) is 6.70. The molecule has 1 saturated heterocycles. The normalized spacial score (nSPS) is 15.3. The SMILES string of the molecule is CC.CN1CCN(CCO)CC1.C[C@@H](C(=O)c1ccc2ooc2c1)N(C)C.O.[V].